The summed E-state index contributed by atoms with van der Waals surface area (Å²) >= 11 is 0. The van der Waals surface area contributed by atoms with Crippen LogP contribution in [0.2, 0.25) is 0 Å². The first kappa shape index (κ1) is 13.5. The van der Waals surface area contributed by atoms with Crippen molar-refractivity contribution in [3.8, 4) is 0 Å². The van der Waals surface area contributed by atoms with E-state index in [1.165, 1.54) is 12.8 Å². The largest absolute Gasteiger partial charge is 0.346 e. The van der Waals surface area contributed by atoms with Crippen molar-refractivity contribution in [1.29, 1.82) is 0 Å². The summed E-state index contributed by atoms with van der Waals surface area (Å²) in [4.78, 5) is 11.8. The molecule has 1 aromatic carbocycles. The number of hydrogen-bond donors (Lipinski definition) is 2. The van der Waals surface area contributed by atoms with Crippen LogP contribution >= 0.6 is 0 Å². The average Bonchev–Trinajstić information content (AvgIpc) is 3.10. The second kappa shape index (κ2) is 6.35. The van der Waals surface area contributed by atoms with Crippen molar-refractivity contribution in [2.45, 2.75) is 31.6 Å². The van der Waals surface area contributed by atoms with Gasteiger partial charge in [-0.25, -0.2) is 0 Å². The molecule has 0 spiro atoms. The van der Waals surface area contributed by atoms with E-state index in [9.17, 15) is 4.79 Å². The van der Waals surface area contributed by atoms with E-state index in [4.69, 9.17) is 9.47 Å². The third-order valence-corrected chi connectivity index (χ3v) is 3.43. The smallest absolute Gasteiger partial charge is 0.225 e. The molecule has 2 fully saturated rings. The van der Waals surface area contributed by atoms with Crippen molar-refractivity contribution >= 4 is 11.6 Å². The van der Waals surface area contributed by atoms with Gasteiger partial charge in [0.25, 0.3) is 0 Å². The first-order valence-electron chi connectivity index (χ1n) is 7.18. The summed E-state index contributed by atoms with van der Waals surface area (Å²) in [6.07, 6.45) is 2.68. The summed E-state index contributed by atoms with van der Waals surface area (Å²) < 4.78 is 10.9. The zero-order valence-electron chi connectivity index (χ0n) is 11.4. The fraction of sp³-hybridized carbons (Fsp3) is 0.533. The van der Waals surface area contributed by atoms with E-state index in [0.29, 0.717) is 25.7 Å². The molecule has 1 saturated carbocycles. The summed E-state index contributed by atoms with van der Waals surface area (Å²) in [7, 11) is 0. The molecule has 3 rings (SSSR count). The zero-order chi connectivity index (χ0) is 13.8. The van der Waals surface area contributed by atoms with Crippen molar-refractivity contribution in [1.82, 2.24) is 5.32 Å². The Hall–Kier alpha value is -1.43. The van der Waals surface area contributed by atoms with E-state index in [1.807, 2.05) is 24.3 Å². The lowest BCUT2D eigenvalue weighted by Crippen LogP contribution is -2.23. The van der Waals surface area contributed by atoms with Crippen LogP contribution in [-0.4, -0.2) is 31.7 Å². The number of amides is 1. The number of nitrogens with one attached hydrogen (secondary N) is 2. The second-order valence-corrected chi connectivity index (χ2v) is 5.23. The minimum atomic E-state index is -0.302. The maximum Gasteiger partial charge on any atom is 0.225 e. The van der Waals surface area contributed by atoms with Crippen LogP contribution in [0.15, 0.2) is 24.3 Å². The van der Waals surface area contributed by atoms with Gasteiger partial charge in [0.05, 0.1) is 13.2 Å². The minimum absolute atomic E-state index is 0.0311. The number of carbonyl (C=O) groups is 1. The molecule has 1 aliphatic heterocycles. The summed E-state index contributed by atoms with van der Waals surface area (Å²) in [6, 6.07) is 8.27. The molecule has 108 valence electrons. The van der Waals surface area contributed by atoms with Gasteiger partial charge in [-0.1, -0.05) is 12.1 Å². The molecule has 0 unspecified atom stereocenters. The number of ether oxygens (including phenoxy) is 2. The summed E-state index contributed by atoms with van der Waals surface area (Å²) in [5, 5.41) is 6.24. The third-order valence-electron chi connectivity index (χ3n) is 3.43. The lowest BCUT2D eigenvalue weighted by atomic mass is 10.2. The zero-order valence-corrected chi connectivity index (χ0v) is 11.4. The molecule has 2 N–H and O–H groups in total. The van der Waals surface area contributed by atoms with Gasteiger partial charge in [0, 0.05) is 30.3 Å². The summed E-state index contributed by atoms with van der Waals surface area (Å²) in [6.45, 7) is 1.98. The number of anilines is 1. The van der Waals surface area contributed by atoms with Crippen LogP contribution in [0.5, 0.6) is 0 Å². The highest BCUT2D eigenvalue weighted by Gasteiger charge is 2.20. The SMILES string of the molecule is O=C(CCNC1CC1)Nc1cccc(C2OCCO2)c1. The van der Waals surface area contributed by atoms with Crippen LogP contribution in [-0.2, 0) is 14.3 Å². The molecule has 1 amide bonds. The molecule has 1 aliphatic carbocycles. The lowest BCUT2D eigenvalue weighted by Gasteiger charge is -2.11. The molecule has 2 aliphatic rings. The minimum Gasteiger partial charge on any atom is -0.346 e. The normalized spacial score (nSPS) is 19.2. The molecule has 20 heavy (non-hydrogen) atoms. The number of benzene rings is 1. The third kappa shape index (κ3) is 3.79. The van der Waals surface area contributed by atoms with Gasteiger partial charge in [0.2, 0.25) is 5.91 Å². The highest BCUT2D eigenvalue weighted by Crippen LogP contribution is 2.25. The van der Waals surface area contributed by atoms with Crippen molar-refractivity contribution in [3.63, 3.8) is 0 Å². The van der Waals surface area contributed by atoms with Gasteiger partial charge in [0.15, 0.2) is 6.29 Å². The van der Waals surface area contributed by atoms with Gasteiger partial charge in [-0.2, -0.15) is 0 Å². The van der Waals surface area contributed by atoms with E-state index in [1.54, 1.807) is 0 Å². The van der Waals surface area contributed by atoms with Crippen molar-refractivity contribution < 1.29 is 14.3 Å². The Kier molecular flexibility index (Phi) is 4.30. The van der Waals surface area contributed by atoms with E-state index in [-0.39, 0.29) is 12.2 Å². The molecular weight excluding hydrogens is 256 g/mol. The van der Waals surface area contributed by atoms with E-state index >= 15 is 0 Å². The van der Waals surface area contributed by atoms with Gasteiger partial charge >= 0.3 is 0 Å². The Balaban J connectivity index is 1.50. The number of hydrogen-bond acceptors (Lipinski definition) is 4. The number of carbonyl (C=O) groups excluding carboxylic acids is 1. The summed E-state index contributed by atoms with van der Waals surface area (Å²) in [5.74, 6) is 0.0311. The molecule has 1 aromatic rings. The van der Waals surface area contributed by atoms with E-state index in [0.717, 1.165) is 17.8 Å². The fourth-order valence-electron chi connectivity index (χ4n) is 2.21. The van der Waals surface area contributed by atoms with Crippen LogP contribution in [0, 0.1) is 0 Å². The Morgan fingerprint density at radius 1 is 1.25 bits per heavy atom. The van der Waals surface area contributed by atoms with Gasteiger partial charge in [-0.3, -0.25) is 4.79 Å². The number of rotatable bonds is 6. The van der Waals surface area contributed by atoms with Gasteiger partial charge in [-0.05, 0) is 25.0 Å². The van der Waals surface area contributed by atoms with E-state index in [2.05, 4.69) is 10.6 Å². The van der Waals surface area contributed by atoms with Crippen LogP contribution in [0.3, 0.4) is 0 Å². The fourth-order valence-corrected chi connectivity index (χ4v) is 2.21. The first-order chi connectivity index (χ1) is 9.81. The monoisotopic (exact) mass is 276 g/mol. The van der Waals surface area contributed by atoms with Crippen LogP contribution in [0.25, 0.3) is 0 Å². The Morgan fingerprint density at radius 3 is 2.80 bits per heavy atom. The molecule has 5 nitrogen and oxygen atoms in total. The highest BCUT2D eigenvalue weighted by molar-refractivity contribution is 5.90. The molecule has 0 bridgehead atoms. The van der Waals surface area contributed by atoms with Gasteiger partial charge < -0.3 is 20.1 Å². The Morgan fingerprint density at radius 2 is 2.05 bits per heavy atom. The standard InChI is InChI=1S/C15H20N2O3/c18-14(6-7-16-12-4-5-12)17-13-3-1-2-11(10-13)15-19-8-9-20-15/h1-3,10,12,15-16H,4-9H2,(H,17,18). The molecule has 5 heteroatoms. The molecular formula is C15H20N2O3. The second-order valence-electron chi connectivity index (χ2n) is 5.23. The molecule has 1 saturated heterocycles. The quantitative estimate of drug-likeness (QED) is 0.832. The predicted molar refractivity (Wildman–Crippen MR) is 75.4 cm³/mol. The van der Waals surface area contributed by atoms with Crippen LogP contribution in [0.4, 0.5) is 5.69 Å². The van der Waals surface area contributed by atoms with Crippen LogP contribution in [0.1, 0.15) is 31.1 Å². The maximum absolute atomic E-state index is 11.8. The Labute approximate surface area is 118 Å². The molecule has 0 aromatic heterocycles. The van der Waals surface area contributed by atoms with Crippen molar-refractivity contribution in [2.24, 2.45) is 0 Å². The van der Waals surface area contributed by atoms with Gasteiger partial charge in [-0.15, -0.1) is 0 Å². The van der Waals surface area contributed by atoms with Crippen molar-refractivity contribution in [3.05, 3.63) is 29.8 Å². The first-order valence-corrected chi connectivity index (χ1v) is 7.18. The Bertz CT molecular complexity index is 468. The topological polar surface area (TPSA) is 59.6 Å². The molecule has 1 heterocycles. The molecule has 0 radical (unpaired) electrons. The highest BCUT2D eigenvalue weighted by atomic mass is 16.7. The van der Waals surface area contributed by atoms with E-state index < -0.39 is 0 Å². The predicted octanol–water partition coefficient (Wildman–Crippen LogP) is 1.81. The van der Waals surface area contributed by atoms with Gasteiger partial charge in [0.1, 0.15) is 0 Å². The van der Waals surface area contributed by atoms with Crippen molar-refractivity contribution in [2.75, 3.05) is 25.1 Å². The van der Waals surface area contributed by atoms with Crippen LogP contribution < -0.4 is 10.6 Å². The lowest BCUT2D eigenvalue weighted by molar-refractivity contribution is -0.116. The average molecular weight is 276 g/mol. The summed E-state index contributed by atoms with van der Waals surface area (Å²) in [5.41, 5.74) is 1.73. The molecule has 0 atom stereocenters. The maximum atomic E-state index is 11.8.